The van der Waals surface area contributed by atoms with Crippen LogP contribution in [0.15, 0.2) is 18.2 Å². The molecule has 0 saturated carbocycles. The van der Waals surface area contributed by atoms with Crippen LogP contribution in [0.3, 0.4) is 0 Å². The molecule has 0 unspecified atom stereocenters. The van der Waals surface area contributed by atoms with Crippen molar-refractivity contribution in [2.24, 2.45) is 0 Å². The van der Waals surface area contributed by atoms with Crippen molar-refractivity contribution in [1.29, 1.82) is 0 Å². The van der Waals surface area contributed by atoms with Crippen LogP contribution in [0.5, 0.6) is 5.75 Å². The summed E-state index contributed by atoms with van der Waals surface area (Å²) < 4.78 is 18.3. The molecule has 2 N–H and O–H groups in total. The Hall–Kier alpha value is -1.25. The van der Waals surface area contributed by atoms with E-state index >= 15 is 0 Å². The molecule has 1 aromatic rings. The van der Waals surface area contributed by atoms with Crippen molar-refractivity contribution in [3.05, 3.63) is 24.0 Å². The second-order valence-electron chi connectivity index (χ2n) is 3.40. The number of anilines is 1. The maximum absolute atomic E-state index is 12.8. The van der Waals surface area contributed by atoms with Gasteiger partial charge in [0.05, 0.1) is 11.8 Å². The van der Waals surface area contributed by atoms with Gasteiger partial charge in [0.1, 0.15) is 11.6 Å². The van der Waals surface area contributed by atoms with Crippen molar-refractivity contribution in [2.45, 2.75) is 32.8 Å². The van der Waals surface area contributed by atoms with Gasteiger partial charge in [-0.2, -0.15) is 0 Å². The largest absolute Gasteiger partial charge is 0.488 e. The average Bonchev–Trinajstić information content (AvgIpc) is 2.12. The van der Waals surface area contributed by atoms with Gasteiger partial charge in [-0.1, -0.05) is 13.3 Å². The zero-order valence-corrected chi connectivity index (χ0v) is 8.59. The van der Waals surface area contributed by atoms with Crippen molar-refractivity contribution in [1.82, 2.24) is 0 Å². The average molecular weight is 197 g/mol. The molecule has 3 heteroatoms. The molecule has 0 aliphatic heterocycles. The summed E-state index contributed by atoms with van der Waals surface area (Å²) in [5.74, 6) is 0.115. The van der Waals surface area contributed by atoms with Crippen molar-refractivity contribution in [2.75, 3.05) is 5.73 Å². The first-order chi connectivity index (χ1) is 6.63. The van der Waals surface area contributed by atoms with Crippen molar-refractivity contribution >= 4 is 5.69 Å². The molecule has 0 aromatic heterocycles. The predicted octanol–water partition coefficient (Wildman–Crippen LogP) is 2.98. The summed E-state index contributed by atoms with van der Waals surface area (Å²) in [6.07, 6.45) is 2.05. The molecule has 0 saturated heterocycles. The lowest BCUT2D eigenvalue weighted by Gasteiger charge is -2.15. The zero-order valence-electron chi connectivity index (χ0n) is 8.59. The number of rotatable bonds is 4. The van der Waals surface area contributed by atoms with E-state index in [9.17, 15) is 4.39 Å². The van der Waals surface area contributed by atoms with E-state index in [4.69, 9.17) is 10.5 Å². The van der Waals surface area contributed by atoms with Gasteiger partial charge in [-0.15, -0.1) is 0 Å². The molecule has 0 radical (unpaired) electrons. The van der Waals surface area contributed by atoms with Crippen LogP contribution < -0.4 is 10.5 Å². The normalized spacial score (nSPS) is 12.5. The second kappa shape index (κ2) is 4.84. The molecule has 2 nitrogen and oxygen atoms in total. The first kappa shape index (κ1) is 10.8. The highest BCUT2D eigenvalue weighted by Gasteiger charge is 2.06. The summed E-state index contributed by atoms with van der Waals surface area (Å²) in [5.41, 5.74) is 6.12. The summed E-state index contributed by atoms with van der Waals surface area (Å²) >= 11 is 0. The fraction of sp³-hybridized carbons (Fsp3) is 0.455. The van der Waals surface area contributed by atoms with Gasteiger partial charge < -0.3 is 10.5 Å². The van der Waals surface area contributed by atoms with Gasteiger partial charge in [-0.05, 0) is 25.5 Å². The SMILES string of the molecule is CCC[C@@H](C)Oc1cc(F)ccc1N. The summed E-state index contributed by atoms with van der Waals surface area (Å²) in [4.78, 5) is 0. The standard InChI is InChI=1S/C11H16FNO/c1-3-4-8(2)14-11-7-9(12)5-6-10(11)13/h5-8H,3-4,13H2,1-2H3/t8-/m1/s1. The third-order valence-electron chi connectivity index (χ3n) is 2.00. The first-order valence-electron chi connectivity index (χ1n) is 4.85. The smallest absolute Gasteiger partial charge is 0.145 e. The zero-order chi connectivity index (χ0) is 10.6. The molecular formula is C11H16FNO. The fourth-order valence-electron chi connectivity index (χ4n) is 1.29. The van der Waals surface area contributed by atoms with E-state index < -0.39 is 0 Å². The minimum atomic E-state index is -0.321. The van der Waals surface area contributed by atoms with Gasteiger partial charge in [0, 0.05) is 6.07 Å². The van der Waals surface area contributed by atoms with Crippen LogP contribution in [-0.4, -0.2) is 6.10 Å². The van der Waals surface area contributed by atoms with Gasteiger partial charge >= 0.3 is 0 Å². The Morgan fingerprint density at radius 1 is 1.50 bits per heavy atom. The van der Waals surface area contributed by atoms with Crippen molar-refractivity contribution in [3.63, 3.8) is 0 Å². The molecule has 14 heavy (non-hydrogen) atoms. The number of ether oxygens (including phenoxy) is 1. The maximum Gasteiger partial charge on any atom is 0.145 e. The molecule has 1 aromatic carbocycles. The molecular weight excluding hydrogens is 181 g/mol. The van der Waals surface area contributed by atoms with Gasteiger partial charge in [0.2, 0.25) is 0 Å². The highest BCUT2D eigenvalue weighted by molar-refractivity contribution is 5.52. The van der Waals surface area contributed by atoms with Crippen LogP contribution in [-0.2, 0) is 0 Å². The predicted molar refractivity (Wildman–Crippen MR) is 55.8 cm³/mol. The van der Waals surface area contributed by atoms with Gasteiger partial charge in [-0.25, -0.2) is 4.39 Å². The maximum atomic E-state index is 12.8. The van der Waals surface area contributed by atoms with Crippen LogP contribution in [0.1, 0.15) is 26.7 Å². The van der Waals surface area contributed by atoms with Gasteiger partial charge in [-0.3, -0.25) is 0 Å². The lowest BCUT2D eigenvalue weighted by Crippen LogP contribution is -2.12. The molecule has 0 aliphatic carbocycles. The highest BCUT2D eigenvalue weighted by atomic mass is 19.1. The second-order valence-corrected chi connectivity index (χ2v) is 3.40. The Morgan fingerprint density at radius 3 is 2.86 bits per heavy atom. The molecule has 0 amide bonds. The van der Waals surface area contributed by atoms with Crippen LogP contribution >= 0.6 is 0 Å². The van der Waals surface area contributed by atoms with Crippen LogP contribution in [0, 0.1) is 5.82 Å². The molecule has 0 aliphatic rings. The van der Waals surface area contributed by atoms with E-state index in [-0.39, 0.29) is 11.9 Å². The van der Waals surface area contributed by atoms with E-state index in [1.807, 2.05) is 6.92 Å². The molecule has 0 bridgehead atoms. The Balaban J connectivity index is 2.70. The number of hydrogen-bond donors (Lipinski definition) is 1. The molecule has 78 valence electrons. The minimum absolute atomic E-state index is 0.0732. The number of hydrogen-bond acceptors (Lipinski definition) is 2. The summed E-state index contributed by atoms with van der Waals surface area (Å²) in [7, 11) is 0. The van der Waals surface area contributed by atoms with Crippen molar-refractivity contribution < 1.29 is 9.13 Å². The number of nitrogens with two attached hydrogens (primary N) is 1. The minimum Gasteiger partial charge on any atom is -0.488 e. The lowest BCUT2D eigenvalue weighted by molar-refractivity contribution is 0.210. The van der Waals surface area contributed by atoms with E-state index in [0.29, 0.717) is 11.4 Å². The van der Waals surface area contributed by atoms with E-state index in [1.165, 1.54) is 18.2 Å². The van der Waals surface area contributed by atoms with Gasteiger partial charge in [0.15, 0.2) is 0 Å². The van der Waals surface area contributed by atoms with E-state index in [1.54, 1.807) is 0 Å². The third-order valence-corrected chi connectivity index (χ3v) is 2.00. The third kappa shape index (κ3) is 2.91. The monoisotopic (exact) mass is 197 g/mol. The fourth-order valence-corrected chi connectivity index (χ4v) is 1.29. The summed E-state index contributed by atoms with van der Waals surface area (Å²) in [5, 5.41) is 0. The number of nitrogen functional groups attached to an aromatic ring is 1. The molecule has 0 fully saturated rings. The lowest BCUT2D eigenvalue weighted by atomic mass is 10.2. The summed E-state index contributed by atoms with van der Waals surface area (Å²) in [6, 6.07) is 4.16. The molecule has 1 rings (SSSR count). The molecule has 1 atom stereocenters. The van der Waals surface area contributed by atoms with E-state index in [2.05, 4.69) is 6.92 Å². The number of benzene rings is 1. The Bertz CT molecular complexity index is 301. The molecule has 0 heterocycles. The van der Waals surface area contributed by atoms with Crippen LogP contribution in [0.25, 0.3) is 0 Å². The van der Waals surface area contributed by atoms with Gasteiger partial charge in [0.25, 0.3) is 0 Å². The highest BCUT2D eigenvalue weighted by Crippen LogP contribution is 2.23. The molecule has 0 spiro atoms. The topological polar surface area (TPSA) is 35.2 Å². The Labute approximate surface area is 83.9 Å². The quantitative estimate of drug-likeness (QED) is 0.753. The Kier molecular flexibility index (Phi) is 3.74. The first-order valence-corrected chi connectivity index (χ1v) is 4.85. The van der Waals surface area contributed by atoms with Crippen molar-refractivity contribution in [3.8, 4) is 5.75 Å². The Morgan fingerprint density at radius 2 is 2.21 bits per heavy atom. The van der Waals surface area contributed by atoms with Crippen LogP contribution in [0.4, 0.5) is 10.1 Å². The van der Waals surface area contributed by atoms with E-state index in [0.717, 1.165) is 12.8 Å². The summed E-state index contributed by atoms with van der Waals surface area (Å²) in [6.45, 7) is 4.03. The number of halogens is 1. The van der Waals surface area contributed by atoms with Crippen LogP contribution in [0.2, 0.25) is 0 Å².